The second-order valence-corrected chi connectivity index (χ2v) is 10.9. The summed E-state index contributed by atoms with van der Waals surface area (Å²) in [5.41, 5.74) is 2.56. The van der Waals surface area contributed by atoms with E-state index in [2.05, 4.69) is 10.2 Å². The van der Waals surface area contributed by atoms with Crippen molar-refractivity contribution in [2.45, 2.75) is 30.6 Å². The summed E-state index contributed by atoms with van der Waals surface area (Å²) in [6, 6.07) is 25.7. The molecule has 1 N–H and O–H groups in total. The Labute approximate surface area is 207 Å². The fourth-order valence-electron chi connectivity index (χ4n) is 4.24. The van der Waals surface area contributed by atoms with Crippen molar-refractivity contribution in [2.75, 3.05) is 32.0 Å². The third-order valence-electron chi connectivity index (χ3n) is 5.97. The predicted octanol–water partition coefficient (Wildman–Crippen LogP) is 3.91. The number of hydrogen-bond acceptors (Lipinski definition) is 5. The van der Waals surface area contributed by atoms with Crippen molar-refractivity contribution in [3.8, 4) is 0 Å². The number of nitrogens with zero attached hydrogens (tertiary/aromatic N) is 2. The summed E-state index contributed by atoms with van der Waals surface area (Å²) in [6.45, 7) is 3.82. The summed E-state index contributed by atoms with van der Waals surface area (Å²) < 4.78 is 33.3. The normalized spacial score (nSPS) is 18.9. The van der Waals surface area contributed by atoms with E-state index in [4.69, 9.17) is 4.74 Å². The lowest BCUT2D eigenvalue weighted by Gasteiger charge is -2.36. The third kappa shape index (κ3) is 6.55. The molecule has 184 valence electrons. The van der Waals surface area contributed by atoms with Crippen LogP contribution in [0.3, 0.4) is 0 Å². The van der Waals surface area contributed by atoms with E-state index in [-0.39, 0.29) is 36.1 Å². The van der Waals surface area contributed by atoms with Gasteiger partial charge in [0, 0.05) is 32.4 Å². The Morgan fingerprint density at radius 3 is 2.26 bits per heavy atom. The van der Waals surface area contributed by atoms with Crippen LogP contribution in [0.5, 0.6) is 0 Å². The van der Waals surface area contributed by atoms with Crippen LogP contribution >= 0.6 is 0 Å². The Kier molecular flexibility index (Phi) is 7.97. The fourth-order valence-corrected chi connectivity index (χ4v) is 5.40. The van der Waals surface area contributed by atoms with E-state index in [1.807, 2.05) is 67.6 Å². The zero-order chi connectivity index (χ0) is 24.8. The van der Waals surface area contributed by atoms with Crippen LogP contribution in [0.4, 0.5) is 5.69 Å². The molecule has 1 saturated heterocycles. The molecule has 3 aromatic carbocycles. The molecule has 7 nitrogen and oxygen atoms in total. The van der Waals surface area contributed by atoms with Crippen LogP contribution in [0.25, 0.3) is 0 Å². The highest BCUT2D eigenvalue weighted by Crippen LogP contribution is 2.25. The van der Waals surface area contributed by atoms with E-state index in [1.165, 1.54) is 16.4 Å². The summed E-state index contributed by atoms with van der Waals surface area (Å²) in [5, 5.41) is 2.88. The van der Waals surface area contributed by atoms with Crippen LogP contribution in [-0.4, -0.2) is 56.3 Å². The number of carbonyl (C=O) groups is 1. The van der Waals surface area contributed by atoms with Crippen LogP contribution in [-0.2, 0) is 26.1 Å². The van der Waals surface area contributed by atoms with Gasteiger partial charge in [0.05, 0.1) is 23.6 Å². The number of amides is 1. The van der Waals surface area contributed by atoms with Crippen molar-refractivity contribution in [2.24, 2.45) is 0 Å². The van der Waals surface area contributed by atoms with E-state index >= 15 is 0 Å². The van der Waals surface area contributed by atoms with Crippen molar-refractivity contribution in [3.63, 3.8) is 0 Å². The van der Waals surface area contributed by atoms with Crippen molar-refractivity contribution in [1.82, 2.24) is 9.21 Å². The Hall–Kier alpha value is -3.04. The first-order valence-corrected chi connectivity index (χ1v) is 13.1. The Balaban J connectivity index is 1.34. The lowest BCUT2D eigenvalue weighted by molar-refractivity contribution is -0.122. The minimum atomic E-state index is -3.65. The number of carbonyl (C=O) groups excluding carboxylic acids is 1. The fraction of sp³-hybridized carbons (Fsp3) is 0.296. The molecule has 2 atom stereocenters. The third-order valence-corrected chi connectivity index (χ3v) is 7.79. The quantitative estimate of drug-likeness (QED) is 0.515. The molecule has 1 heterocycles. The van der Waals surface area contributed by atoms with E-state index < -0.39 is 10.0 Å². The average molecular weight is 494 g/mol. The van der Waals surface area contributed by atoms with Gasteiger partial charge in [-0.05, 0) is 42.3 Å². The summed E-state index contributed by atoms with van der Waals surface area (Å²) in [6.07, 6.45) is -0.0655. The first kappa shape index (κ1) is 25.1. The van der Waals surface area contributed by atoms with Crippen LogP contribution in [0.15, 0.2) is 89.8 Å². The number of ether oxygens (including phenoxy) is 1. The monoisotopic (exact) mass is 493 g/mol. The van der Waals surface area contributed by atoms with Crippen molar-refractivity contribution in [3.05, 3.63) is 96.1 Å². The van der Waals surface area contributed by atoms with E-state index in [9.17, 15) is 13.2 Å². The average Bonchev–Trinajstić information content (AvgIpc) is 2.85. The maximum atomic E-state index is 12.9. The summed E-state index contributed by atoms with van der Waals surface area (Å²) in [4.78, 5) is 15.0. The highest BCUT2D eigenvalue weighted by Gasteiger charge is 2.27. The molecular formula is C27H31N3O4S. The van der Waals surface area contributed by atoms with Gasteiger partial charge in [-0.2, -0.15) is 4.31 Å². The van der Waals surface area contributed by atoms with Gasteiger partial charge in [-0.3, -0.25) is 9.69 Å². The molecule has 1 aliphatic heterocycles. The van der Waals surface area contributed by atoms with Crippen LogP contribution < -0.4 is 5.32 Å². The molecular weight excluding hydrogens is 462 g/mol. The molecule has 3 aromatic rings. The molecule has 0 radical (unpaired) electrons. The molecule has 1 aliphatic rings. The second kappa shape index (κ2) is 11.1. The highest BCUT2D eigenvalue weighted by molar-refractivity contribution is 7.89. The topological polar surface area (TPSA) is 79.0 Å². The van der Waals surface area contributed by atoms with Crippen LogP contribution in [0.2, 0.25) is 0 Å². The zero-order valence-corrected chi connectivity index (χ0v) is 20.8. The van der Waals surface area contributed by atoms with E-state index in [0.717, 1.165) is 11.1 Å². The molecule has 1 amide bonds. The molecule has 35 heavy (non-hydrogen) atoms. The molecule has 4 rings (SSSR count). The summed E-state index contributed by atoms with van der Waals surface area (Å²) >= 11 is 0. The van der Waals surface area contributed by atoms with E-state index in [0.29, 0.717) is 18.8 Å². The minimum absolute atomic E-state index is 0.0131. The number of hydrogen-bond donors (Lipinski definition) is 1. The Bertz CT molecular complexity index is 1220. The van der Waals surface area contributed by atoms with Crippen molar-refractivity contribution < 1.29 is 17.9 Å². The largest absolute Gasteiger partial charge is 0.368 e. The number of sulfonamides is 1. The van der Waals surface area contributed by atoms with Gasteiger partial charge in [-0.15, -0.1) is 0 Å². The maximum absolute atomic E-state index is 12.9. The lowest BCUT2D eigenvalue weighted by atomic mass is 10.1. The van der Waals surface area contributed by atoms with Gasteiger partial charge in [-0.1, -0.05) is 60.7 Å². The van der Waals surface area contributed by atoms with Gasteiger partial charge in [-0.25, -0.2) is 8.42 Å². The standard InChI is InChI=1S/C27H31N3O4S/c1-21-17-30(19-26(34-21)23-11-7-4-8-12-23)20-27(31)28-24-13-15-25(16-14-24)35(32,33)29(2)18-22-9-5-3-6-10-22/h3-16,21,26H,17-20H2,1-2H3,(H,28,31). The number of benzene rings is 3. The molecule has 0 saturated carbocycles. The minimum Gasteiger partial charge on any atom is -0.368 e. The van der Waals surface area contributed by atoms with Crippen LogP contribution in [0, 0.1) is 0 Å². The number of rotatable bonds is 8. The molecule has 1 fully saturated rings. The smallest absolute Gasteiger partial charge is 0.243 e. The molecule has 0 aromatic heterocycles. The molecule has 8 heteroatoms. The van der Waals surface area contributed by atoms with Gasteiger partial charge in [0.25, 0.3) is 0 Å². The maximum Gasteiger partial charge on any atom is 0.243 e. The zero-order valence-electron chi connectivity index (χ0n) is 20.0. The highest BCUT2D eigenvalue weighted by atomic mass is 32.2. The second-order valence-electron chi connectivity index (χ2n) is 8.86. The van der Waals surface area contributed by atoms with Gasteiger partial charge < -0.3 is 10.1 Å². The molecule has 0 bridgehead atoms. The van der Waals surface area contributed by atoms with Gasteiger partial charge >= 0.3 is 0 Å². The Morgan fingerprint density at radius 2 is 1.60 bits per heavy atom. The van der Waals surface area contributed by atoms with Crippen molar-refractivity contribution >= 4 is 21.6 Å². The van der Waals surface area contributed by atoms with E-state index in [1.54, 1.807) is 19.2 Å². The number of nitrogens with one attached hydrogen (secondary N) is 1. The summed E-state index contributed by atoms with van der Waals surface area (Å²) in [7, 11) is -2.09. The molecule has 0 spiro atoms. The molecule has 0 aliphatic carbocycles. The van der Waals surface area contributed by atoms with Gasteiger partial charge in [0.15, 0.2) is 0 Å². The van der Waals surface area contributed by atoms with Crippen molar-refractivity contribution in [1.29, 1.82) is 0 Å². The summed E-state index contributed by atoms with van der Waals surface area (Å²) in [5.74, 6) is -0.150. The predicted molar refractivity (Wildman–Crippen MR) is 136 cm³/mol. The lowest BCUT2D eigenvalue weighted by Crippen LogP contribution is -2.46. The Morgan fingerprint density at radius 1 is 0.971 bits per heavy atom. The first-order chi connectivity index (χ1) is 16.8. The number of morpholine rings is 1. The number of anilines is 1. The van der Waals surface area contributed by atoms with Gasteiger partial charge in [0.1, 0.15) is 0 Å². The van der Waals surface area contributed by atoms with Crippen LogP contribution in [0.1, 0.15) is 24.2 Å². The SMILES string of the molecule is CC1CN(CC(=O)Nc2ccc(S(=O)(=O)N(C)Cc3ccccc3)cc2)CC(c2ccccc2)O1. The van der Waals surface area contributed by atoms with Gasteiger partial charge in [0.2, 0.25) is 15.9 Å². The first-order valence-electron chi connectivity index (χ1n) is 11.6. The molecule has 2 unspecified atom stereocenters.